The lowest BCUT2D eigenvalue weighted by atomic mass is 9.79. The van der Waals surface area contributed by atoms with E-state index in [0.717, 1.165) is 27.5 Å². The molecule has 0 spiro atoms. The third-order valence-corrected chi connectivity index (χ3v) is 7.53. The largest absolute Gasteiger partial charge is 0.490 e. The van der Waals surface area contributed by atoms with Crippen molar-refractivity contribution in [2.75, 3.05) is 19.1 Å². The second-order valence-electron chi connectivity index (χ2n) is 11.3. The van der Waals surface area contributed by atoms with E-state index in [1.807, 2.05) is 12.1 Å². The predicted molar refractivity (Wildman–Crippen MR) is 137 cm³/mol. The molecule has 174 valence electrons. The fourth-order valence-corrected chi connectivity index (χ4v) is 5.00. The molecule has 2 aromatic carbocycles. The molecule has 2 aromatic rings. The van der Waals surface area contributed by atoms with Crippen LogP contribution in [0.3, 0.4) is 0 Å². The highest BCUT2D eigenvalue weighted by molar-refractivity contribution is 8.15. The Labute approximate surface area is 197 Å². The monoisotopic (exact) mass is 466 g/mol. The Balaban J connectivity index is 2.27. The molecule has 0 unspecified atom stereocenters. The topological polar surface area (TPSA) is 9.23 Å². The first kappa shape index (κ1) is 26.1. The van der Waals surface area contributed by atoms with E-state index < -0.39 is 10.9 Å². The van der Waals surface area contributed by atoms with E-state index in [9.17, 15) is 0 Å². The molecule has 0 saturated carbocycles. The molecule has 0 aromatic heterocycles. The van der Waals surface area contributed by atoms with Gasteiger partial charge in [0.25, 0.3) is 0 Å². The first-order valence-electron chi connectivity index (χ1n) is 11.0. The minimum Gasteiger partial charge on any atom is -0.490 e. The fourth-order valence-electron chi connectivity index (χ4n) is 3.70. The van der Waals surface area contributed by atoms with Crippen LogP contribution in [0.4, 0.5) is 4.39 Å². The lowest BCUT2D eigenvalue weighted by Gasteiger charge is -2.29. The average molecular weight is 467 g/mol. The zero-order valence-corrected chi connectivity index (χ0v) is 22.6. The maximum atomic E-state index is 15.3. The van der Waals surface area contributed by atoms with Crippen LogP contribution in [0.15, 0.2) is 35.2 Å². The number of thiol groups is 1. The fraction of sp³-hybridized carbons (Fsp3) is 0.556. The molecule has 2 rings (SSSR count). The zero-order chi connectivity index (χ0) is 23.8. The first-order chi connectivity index (χ1) is 14.1. The standard InChI is InChI=1S/C27H40ClFOS/c1-25(2,3)18-11-12-19(21(28)17-18)27(7,8)15-16-30-24-20(26(4,5)6)13-14-22(23(24)29)31(9)10/h11-14,17,31H,15-16H2,1-10H3. The van der Waals surface area contributed by atoms with Gasteiger partial charge >= 0.3 is 0 Å². The summed E-state index contributed by atoms with van der Waals surface area (Å²) in [7, 11) is -0.544. The minimum atomic E-state index is -0.544. The van der Waals surface area contributed by atoms with Crippen LogP contribution < -0.4 is 4.74 Å². The molecular weight excluding hydrogens is 427 g/mol. The Hall–Kier alpha value is -1.19. The number of rotatable bonds is 6. The summed E-state index contributed by atoms with van der Waals surface area (Å²) in [6.07, 6.45) is 4.88. The van der Waals surface area contributed by atoms with Crippen molar-refractivity contribution in [3.8, 4) is 5.75 Å². The SMILES string of the molecule is C[SH](C)c1ccc(C(C)(C)C)c(OCCC(C)(C)c2ccc(C(C)(C)C)cc2Cl)c1F. The van der Waals surface area contributed by atoms with Crippen LogP contribution in [-0.2, 0) is 16.2 Å². The van der Waals surface area contributed by atoms with Gasteiger partial charge in [-0.3, -0.25) is 0 Å². The summed E-state index contributed by atoms with van der Waals surface area (Å²) in [5.74, 6) is 0.208. The molecule has 0 aliphatic carbocycles. The van der Waals surface area contributed by atoms with Crippen molar-refractivity contribution in [2.45, 2.75) is 83.0 Å². The zero-order valence-electron chi connectivity index (χ0n) is 20.9. The molecule has 0 aliphatic rings. The van der Waals surface area contributed by atoms with Gasteiger partial charge in [-0.25, -0.2) is 15.3 Å². The van der Waals surface area contributed by atoms with E-state index >= 15 is 4.39 Å². The number of hydrogen-bond donors (Lipinski definition) is 1. The van der Waals surface area contributed by atoms with E-state index in [1.54, 1.807) is 0 Å². The van der Waals surface area contributed by atoms with Crippen LogP contribution in [-0.4, -0.2) is 19.1 Å². The molecule has 0 heterocycles. The lowest BCUT2D eigenvalue weighted by Crippen LogP contribution is -2.23. The van der Waals surface area contributed by atoms with E-state index in [2.05, 4.69) is 86.1 Å². The van der Waals surface area contributed by atoms with Gasteiger partial charge in [0.1, 0.15) is 0 Å². The van der Waals surface area contributed by atoms with Crippen molar-refractivity contribution in [2.24, 2.45) is 0 Å². The lowest BCUT2D eigenvalue weighted by molar-refractivity contribution is 0.254. The first-order valence-corrected chi connectivity index (χ1v) is 13.6. The van der Waals surface area contributed by atoms with Crippen molar-refractivity contribution < 1.29 is 9.13 Å². The average Bonchev–Trinajstić information content (AvgIpc) is 2.60. The highest BCUT2D eigenvalue weighted by Gasteiger charge is 2.27. The van der Waals surface area contributed by atoms with E-state index in [0.29, 0.717) is 12.4 Å². The molecular formula is C27H40ClFOS. The molecule has 0 atom stereocenters. The maximum Gasteiger partial charge on any atom is 0.177 e. The third kappa shape index (κ3) is 6.20. The van der Waals surface area contributed by atoms with Crippen LogP contribution in [0, 0.1) is 5.82 Å². The van der Waals surface area contributed by atoms with Crippen LogP contribution in [0.25, 0.3) is 0 Å². The molecule has 0 aliphatic heterocycles. The summed E-state index contributed by atoms with van der Waals surface area (Å²) >= 11 is 6.68. The molecule has 0 bridgehead atoms. The van der Waals surface area contributed by atoms with Crippen LogP contribution in [0.5, 0.6) is 5.75 Å². The van der Waals surface area contributed by atoms with Crippen LogP contribution >= 0.6 is 22.5 Å². The van der Waals surface area contributed by atoms with Crippen molar-refractivity contribution >= 4 is 22.5 Å². The number of ether oxygens (including phenoxy) is 1. The van der Waals surface area contributed by atoms with Crippen molar-refractivity contribution in [1.82, 2.24) is 0 Å². The number of hydrogen-bond acceptors (Lipinski definition) is 1. The summed E-state index contributed by atoms with van der Waals surface area (Å²) in [5.41, 5.74) is 2.90. The highest BCUT2D eigenvalue weighted by Crippen LogP contribution is 2.42. The minimum absolute atomic E-state index is 0.0548. The molecule has 0 saturated heterocycles. The van der Waals surface area contributed by atoms with Crippen molar-refractivity contribution in [1.29, 1.82) is 0 Å². The Kier molecular flexibility index (Phi) is 7.86. The Morgan fingerprint density at radius 2 is 1.45 bits per heavy atom. The van der Waals surface area contributed by atoms with E-state index in [-0.39, 0.29) is 22.1 Å². The molecule has 1 nitrogen and oxygen atoms in total. The second kappa shape index (κ2) is 9.35. The molecule has 31 heavy (non-hydrogen) atoms. The van der Waals surface area contributed by atoms with Gasteiger partial charge in [0.05, 0.1) is 6.61 Å². The summed E-state index contributed by atoms with van der Waals surface area (Å²) in [5, 5.41) is 0.781. The summed E-state index contributed by atoms with van der Waals surface area (Å²) in [4.78, 5) is 0.762. The number of halogens is 2. The smallest absolute Gasteiger partial charge is 0.177 e. The quantitative estimate of drug-likeness (QED) is 0.420. The third-order valence-electron chi connectivity index (χ3n) is 5.90. The van der Waals surface area contributed by atoms with Gasteiger partial charge in [0.2, 0.25) is 0 Å². The van der Waals surface area contributed by atoms with Gasteiger partial charge in [-0.1, -0.05) is 85.2 Å². The maximum absolute atomic E-state index is 15.3. The highest BCUT2D eigenvalue weighted by atomic mass is 35.5. The van der Waals surface area contributed by atoms with Gasteiger partial charge in [0, 0.05) is 15.5 Å². The van der Waals surface area contributed by atoms with Gasteiger partial charge in [0.15, 0.2) is 11.6 Å². The van der Waals surface area contributed by atoms with Crippen LogP contribution in [0.1, 0.15) is 78.5 Å². The summed E-state index contributed by atoms with van der Waals surface area (Å²) < 4.78 is 21.5. The van der Waals surface area contributed by atoms with Gasteiger partial charge in [-0.2, -0.15) is 0 Å². The molecule has 0 fully saturated rings. The van der Waals surface area contributed by atoms with E-state index in [4.69, 9.17) is 16.3 Å². The normalized spacial score (nSPS) is 13.4. The van der Waals surface area contributed by atoms with Crippen molar-refractivity contribution in [3.05, 3.63) is 57.9 Å². The molecule has 0 radical (unpaired) electrons. The summed E-state index contributed by atoms with van der Waals surface area (Å²) in [6, 6.07) is 10.3. The van der Waals surface area contributed by atoms with Crippen molar-refractivity contribution in [3.63, 3.8) is 0 Å². The van der Waals surface area contributed by atoms with E-state index in [1.165, 1.54) is 5.56 Å². The van der Waals surface area contributed by atoms with Gasteiger partial charge in [-0.05, 0) is 58.4 Å². The van der Waals surface area contributed by atoms with Gasteiger partial charge < -0.3 is 4.74 Å². The Morgan fingerprint density at radius 1 is 0.871 bits per heavy atom. The Bertz CT molecular complexity index is 920. The number of benzene rings is 2. The molecule has 0 N–H and O–H groups in total. The van der Waals surface area contributed by atoms with Crippen LogP contribution in [0.2, 0.25) is 5.02 Å². The van der Waals surface area contributed by atoms with Gasteiger partial charge in [-0.15, -0.1) is 0 Å². The summed E-state index contributed by atoms with van der Waals surface area (Å²) in [6.45, 7) is 17.6. The second-order valence-corrected chi connectivity index (χ2v) is 14.0. The Morgan fingerprint density at radius 3 is 1.94 bits per heavy atom. The molecule has 0 amide bonds. The predicted octanol–water partition coefficient (Wildman–Crippen LogP) is 8.44. The molecule has 4 heteroatoms.